The number of sulfonamides is 1. The molecule has 1 aromatic rings. The number of alkyl halides is 6. The average Bonchev–Trinajstić information content (AvgIpc) is 2.34. The summed E-state index contributed by atoms with van der Waals surface area (Å²) in [5, 5.41) is 0. The summed E-state index contributed by atoms with van der Waals surface area (Å²) in [4.78, 5) is -0.163. The highest BCUT2D eigenvalue weighted by molar-refractivity contribution is 7.88. The monoisotopic (exact) mass is 394 g/mol. The lowest BCUT2D eigenvalue weighted by atomic mass is 10.0. The van der Waals surface area contributed by atoms with Crippen LogP contribution in [-0.2, 0) is 28.1 Å². The fourth-order valence-corrected chi connectivity index (χ4v) is 3.23. The molecule has 0 fully saturated rings. The van der Waals surface area contributed by atoms with E-state index in [1.54, 1.807) is 0 Å². The molecule has 2 N–H and O–H groups in total. The number of nitrogens with zero attached hydrogens (tertiary/aromatic N) is 1. The Morgan fingerprint density at radius 1 is 1.12 bits per heavy atom. The molecule has 0 bridgehead atoms. The fraction of sp³-hybridized carbons (Fsp3) is 0.417. The molecule has 0 unspecified atom stereocenters. The van der Waals surface area contributed by atoms with Crippen molar-refractivity contribution in [3.05, 3.63) is 34.9 Å². The van der Waals surface area contributed by atoms with Gasteiger partial charge in [-0.2, -0.15) is 30.6 Å². The second kappa shape index (κ2) is 6.84. The number of benzene rings is 1. The number of likely N-dealkylation sites (N-methyl/N-ethyl adjacent to an activating group) is 1. The molecule has 0 heterocycles. The number of hydrogen-bond acceptors (Lipinski definition) is 3. The second-order valence-corrected chi connectivity index (χ2v) is 7.45. The quantitative estimate of drug-likeness (QED) is 0.616. The van der Waals surface area contributed by atoms with Gasteiger partial charge in [0.05, 0.1) is 28.4 Å². The molecule has 0 atom stereocenters. The van der Waals surface area contributed by atoms with Crippen molar-refractivity contribution >= 4 is 27.2 Å². The molecule has 0 aliphatic rings. The van der Waals surface area contributed by atoms with Crippen LogP contribution in [0.4, 0.5) is 26.3 Å². The van der Waals surface area contributed by atoms with Crippen LogP contribution < -0.4 is 5.73 Å². The van der Waals surface area contributed by atoms with Gasteiger partial charge < -0.3 is 5.73 Å². The Labute approximate surface area is 139 Å². The van der Waals surface area contributed by atoms with Crippen LogP contribution >= 0.6 is 12.2 Å². The Balaban J connectivity index is 3.26. The van der Waals surface area contributed by atoms with Crippen molar-refractivity contribution in [1.82, 2.24) is 4.31 Å². The molecule has 1 aromatic carbocycles. The van der Waals surface area contributed by atoms with E-state index in [1.165, 1.54) is 0 Å². The van der Waals surface area contributed by atoms with Gasteiger partial charge in [0.1, 0.15) is 0 Å². The molecule has 0 amide bonds. The Bertz CT molecular complexity index is 728. The summed E-state index contributed by atoms with van der Waals surface area (Å²) in [5.74, 6) is -0.923. The van der Waals surface area contributed by atoms with Gasteiger partial charge in [-0.3, -0.25) is 0 Å². The van der Waals surface area contributed by atoms with Crippen LogP contribution in [0.15, 0.2) is 18.2 Å². The van der Waals surface area contributed by atoms with Crippen LogP contribution in [0, 0.1) is 0 Å². The third kappa shape index (κ3) is 5.31. The van der Waals surface area contributed by atoms with E-state index >= 15 is 0 Å². The molecule has 1 rings (SSSR count). The largest absolute Gasteiger partial charge is 0.417 e. The highest BCUT2D eigenvalue weighted by atomic mass is 32.2. The molecule has 24 heavy (non-hydrogen) atoms. The highest BCUT2D eigenvalue weighted by Crippen LogP contribution is 2.40. The van der Waals surface area contributed by atoms with E-state index in [0.29, 0.717) is 10.4 Å². The molecule has 0 spiro atoms. The smallest absolute Gasteiger partial charge is 0.392 e. The van der Waals surface area contributed by atoms with Crippen molar-refractivity contribution in [2.24, 2.45) is 5.73 Å². The second-order valence-electron chi connectivity index (χ2n) is 4.85. The molecule has 4 nitrogen and oxygen atoms in total. The van der Waals surface area contributed by atoms with Gasteiger partial charge in [0.25, 0.3) is 0 Å². The summed E-state index contributed by atoms with van der Waals surface area (Å²) < 4.78 is 101. The van der Waals surface area contributed by atoms with Gasteiger partial charge >= 0.3 is 12.4 Å². The molecule has 0 saturated carbocycles. The first-order valence-corrected chi connectivity index (χ1v) is 8.16. The van der Waals surface area contributed by atoms with Crippen LogP contribution in [0.3, 0.4) is 0 Å². The van der Waals surface area contributed by atoms with Gasteiger partial charge in [-0.1, -0.05) is 18.3 Å². The normalized spacial score (nSPS) is 13.3. The number of thiocarbonyl (C=S) groups is 1. The van der Waals surface area contributed by atoms with E-state index < -0.39 is 44.8 Å². The van der Waals surface area contributed by atoms with Crippen molar-refractivity contribution in [2.45, 2.75) is 18.1 Å². The fourth-order valence-electron chi connectivity index (χ4n) is 1.80. The van der Waals surface area contributed by atoms with Gasteiger partial charge in [0.2, 0.25) is 10.0 Å². The summed E-state index contributed by atoms with van der Waals surface area (Å²) in [5.41, 5.74) is 0.918. The predicted molar refractivity (Wildman–Crippen MR) is 78.5 cm³/mol. The molecular weight excluding hydrogens is 382 g/mol. The third-order valence-corrected chi connectivity index (χ3v) is 4.80. The van der Waals surface area contributed by atoms with Gasteiger partial charge in [-0.25, -0.2) is 8.42 Å². The minimum atomic E-state index is -5.28. The van der Waals surface area contributed by atoms with Crippen LogP contribution in [0.2, 0.25) is 0 Å². The minimum Gasteiger partial charge on any atom is -0.392 e. The topological polar surface area (TPSA) is 63.4 Å². The lowest BCUT2D eigenvalue weighted by Crippen LogP contribution is -2.35. The van der Waals surface area contributed by atoms with E-state index in [0.717, 1.165) is 7.05 Å². The predicted octanol–water partition coefficient (Wildman–Crippen LogP) is 2.77. The van der Waals surface area contributed by atoms with E-state index in [9.17, 15) is 34.8 Å². The summed E-state index contributed by atoms with van der Waals surface area (Å²) >= 11 is 4.53. The number of nitrogens with two attached hydrogens (primary N) is 1. The summed E-state index contributed by atoms with van der Waals surface area (Å²) in [6.45, 7) is -0.343. The van der Waals surface area contributed by atoms with Crippen molar-refractivity contribution in [2.75, 3.05) is 13.6 Å². The minimum absolute atomic E-state index is 0.163. The van der Waals surface area contributed by atoms with Gasteiger partial charge in [-0.05, 0) is 17.7 Å². The Kier molecular flexibility index (Phi) is 5.89. The van der Waals surface area contributed by atoms with E-state index in [2.05, 4.69) is 12.2 Å². The van der Waals surface area contributed by atoms with Crippen LogP contribution in [0.25, 0.3) is 0 Å². The first-order valence-electron chi connectivity index (χ1n) is 6.14. The molecule has 0 aliphatic carbocycles. The molecule has 0 radical (unpaired) electrons. The summed E-state index contributed by atoms with van der Waals surface area (Å²) in [6, 6.07) is 1.07. The Morgan fingerprint density at radius 2 is 1.62 bits per heavy atom. The zero-order valence-corrected chi connectivity index (χ0v) is 13.7. The summed E-state index contributed by atoms with van der Waals surface area (Å²) in [7, 11) is -3.00. The van der Waals surface area contributed by atoms with Crippen molar-refractivity contribution in [3.63, 3.8) is 0 Å². The molecule has 0 saturated heterocycles. The average molecular weight is 394 g/mol. The van der Waals surface area contributed by atoms with Crippen LogP contribution in [-0.4, -0.2) is 31.3 Å². The number of rotatable bonds is 5. The maximum Gasteiger partial charge on any atom is 0.417 e. The standard InChI is InChI=1S/C12H12F6N2O2S2/c1-20(5-10(19)23)24(21,22)6-7-2-3-8(11(13,14)15)9(4-7)12(16,17)18/h2-4H,5-6H2,1H3,(H2,19,23). The molecular formula is C12H12F6N2O2S2. The maximum atomic E-state index is 12.8. The zero-order valence-electron chi connectivity index (χ0n) is 12.1. The van der Waals surface area contributed by atoms with E-state index in [-0.39, 0.29) is 23.7 Å². The third-order valence-electron chi connectivity index (χ3n) is 2.90. The van der Waals surface area contributed by atoms with Crippen molar-refractivity contribution in [3.8, 4) is 0 Å². The Morgan fingerprint density at radius 3 is 2.04 bits per heavy atom. The molecule has 12 heteroatoms. The van der Waals surface area contributed by atoms with Crippen LogP contribution in [0.5, 0.6) is 0 Å². The van der Waals surface area contributed by atoms with E-state index in [4.69, 9.17) is 5.73 Å². The lowest BCUT2D eigenvalue weighted by molar-refractivity contribution is -0.162. The number of hydrogen-bond donors (Lipinski definition) is 1. The van der Waals surface area contributed by atoms with Gasteiger partial charge in [0.15, 0.2) is 0 Å². The molecule has 136 valence electrons. The lowest BCUT2D eigenvalue weighted by Gasteiger charge is -2.19. The molecule has 0 aliphatic heterocycles. The zero-order chi connectivity index (χ0) is 18.9. The van der Waals surface area contributed by atoms with Gasteiger partial charge in [0, 0.05) is 7.05 Å². The SMILES string of the molecule is CN(CC(N)=S)S(=O)(=O)Cc1ccc(C(F)(F)F)c(C(F)(F)F)c1. The first-order chi connectivity index (χ1) is 10.6. The van der Waals surface area contributed by atoms with E-state index in [1.807, 2.05) is 0 Å². The van der Waals surface area contributed by atoms with Crippen molar-refractivity contribution in [1.29, 1.82) is 0 Å². The van der Waals surface area contributed by atoms with Crippen molar-refractivity contribution < 1.29 is 34.8 Å². The first kappa shape index (κ1) is 20.6. The summed E-state index contributed by atoms with van der Waals surface area (Å²) in [6.07, 6.45) is -10.5. The van der Waals surface area contributed by atoms with Gasteiger partial charge in [-0.15, -0.1) is 0 Å². The Hall–Kier alpha value is -1.40. The molecule has 0 aromatic heterocycles. The maximum absolute atomic E-state index is 12.8. The number of halogens is 6. The van der Waals surface area contributed by atoms with Crippen LogP contribution in [0.1, 0.15) is 16.7 Å². The highest BCUT2D eigenvalue weighted by Gasteiger charge is 2.43.